The zero-order valence-electron chi connectivity index (χ0n) is 13.0. The van der Waals surface area contributed by atoms with E-state index < -0.39 is 21.4 Å². The van der Waals surface area contributed by atoms with Gasteiger partial charge in [-0.1, -0.05) is 39.0 Å². The summed E-state index contributed by atoms with van der Waals surface area (Å²) in [5, 5.41) is 8.86. The predicted molar refractivity (Wildman–Crippen MR) is 84.0 cm³/mol. The van der Waals surface area contributed by atoms with Crippen molar-refractivity contribution in [1.82, 2.24) is 0 Å². The maximum absolute atomic E-state index is 12.6. The Balaban J connectivity index is 3.20. The van der Waals surface area contributed by atoms with Crippen molar-refractivity contribution in [1.29, 1.82) is 0 Å². The summed E-state index contributed by atoms with van der Waals surface area (Å²) in [5.74, 6) is -1.05. The molecule has 0 spiro atoms. The molecule has 0 fully saturated rings. The molecule has 1 rings (SSSR count). The number of sulfonamides is 1. The summed E-state index contributed by atoms with van der Waals surface area (Å²) in [7, 11) is -3.58. The fraction of sp³-hybridized carbons (Fsp3) is 0.533. The Morgan fingerprint density at radius 2 is 1.81 bits per heavy atom. The number of carbonyl (C=O) groups is 1. The molecule has 0 saturated carbocycles. The van der Waals surface area contributed by atoms with Crippen LogP contribution in [0, 0.1) is 12.3 Å². The standard InChI is InChI=1S/C15H23NO4S/c1-12-7-5-6-8-13(12)16(10-9-14(17)18)21(19,20)11-15(2,3)4/h5-8H,9-11H2,1-4H3,(H,17,18). The van der Waals surface area contributed by atoms with Crippen LogP contribution in [0.5, 0.6) is 0 Å². The molecule has 0 aliphatic heterocycles. The highest BCUT2D eigenvalue weighted by Gasteiger charge is 2.29. The molecular formula is C15H23NO4S. The second-order valence-electron chi connectivity index (χ2n) is 6.32. The summed E-state index contributed by atoms with van der Waals surface area (Å²) in [6.45, 7) is 7.29. The summed E-state index contributed by atoms with van der Waals surface area (Å²) in [6.07, 6.45) is -0.224. The summed E-state index contributed by atoms with van der Waals surface area (Å²) in [6, 6.07) is 7.10. The van der Waals surface area contributed by atoms with Gasteiger partial charge in [-0.15, -0.1) is 0 Å². The summed E-state index contributed by atoms with van der Waals surface area (Å²) < 4.78 is 26.5. The second-order valence-corrected chi connectivity index (χ2v) is 8.21. The molecule has 0 aliphatic carbocycles. The van der Waals surface area contributed by atoms with E-state index in [4.69, 9.17) is 5.11 Å². The molecule has 5 nitrogen and oxygen atoms in total. The third-order valence-electron chi connectivity index (χ3n) is 2.86. The molecule has 6 heteroatoms. The van der Waals surface area contributed by atoms with Gasteiger partial charge in [0.25, 0.3) is 0 Å². The van der Waals surface area contributed by atoms with E-state index in [0.29, 0.717) is 5.69 Å². The highest BCUT2D eigenvalue weighted by molar-refractivity contribution is 7.92. The third kappa shape index (κ3) is 5.38. The second kappa shape index (κ2) is 6.47. The molecule has 1 N–H and O–H groups in total. The Morgan fingerprint density at radius 3 is 2.29 bits per heavy atom. The van der Waals surface area contributed by atoms with E-state index >= 15 is 0 Å². The molecule has 0 saturated heterocycles. The van der Waals surface area contributed by atoms with Crippen LogP contribution < -0.4 is 4.31 Å². The van der Waals surface area contributed by atoms with Crippen LogP contribution in [0.1, 0.15) is 32.8 Å². The Morgan fingerprint density at radius 1 is 1.24 bits per heavy atom. The molecule has 0 aromatic heterocycles. The van der Waals surface area contributed by atoms with E-state index in [2.05, 4.69) is 0 Å². The van der Waals surface area contributed by atoms with E-state index in [0.717, 1.165) is 5.56 Å². The van der Waals surface area contributed by atoms with Gasteiger partial charge in [0.05, 0.1) is 17.9 Å². The lowest BCUT2D eigenvalue weighted by Gasteiger charge is -2.29. The number of rotatable bonds is 6. The van der Waals surface area contributed by atoms with Gasteiger partial charge in [0, 0.05) is 6.54 Å². The minimum atomic E-state index is -3.58. The van der Waals surface area contributed by atoms with Crippen LogP contribution in [-0.4, -0.2) is 31.8 Å². The molecule has 0 unspecified atom stereocenters. The number of benzene rings is 1. The van der Waals surface area contributed by atoms with Gasteiger partial charge in [0.2, 0.25) is 10.0 Å². The van der Waals surface area contributed by atoms with Gasteiger partial charge in [-0.3, -0.25) is 9.10 Å². The number of carboxylic acid groups (broad SMARTS) is 1. The molecule has 21 heavy (non-hydrogen) atoms. The number of aryl methyl sites for hydroxylation is 1. The number of hydrogen-bond donors (Lipinski definition) is 1. The summed E-state index contributed by atoms with van der Waals surface area (Å²) >= 11 is 0. The zero-order chi connectivity index (χ0) is 16.3. The average Bonchev–Trinajstić information content (AvgIpc) is 2.27. The molecule has 0 bridgehead atoms. The SMILES string of the molecule is Cc1ccccc1N(CCC(=O)O)S(=O)(=O)CC(C)(C)C. The summed E-state index contributed by atoms with van der Waals surface area (Å²) in [5.41, 5.74) is 0.951. The van der Waals surface area contributed by atoms with Crippen molar-refractivity contribution in [2.75, 3.05) is 16.6 Å². The van der Waals surface area contributed by atoms with Crippen LogP contribution in [0.3, 0.4) is 0 Å². The highest BCUT2D eigenvalue weighted by atomic mass is 32.2. The van der Waals surface area contributed by atoms with Gasteiger partial charge < -0.3 is 5.11 Å². The van der Waals surface area contributed by atoms with Gasteiger partial charge in [-0.2, -0.15) is 0 Å². The number of hydrogen-bond acceptors (Lipinski definition) is 3. The Bertz CT molecular complexity index is 602. The number of aliphatic carboxylic acids is 1. The largest absolute Gasteiger partial charge is 0.481 e. The first-order chi connectivity index (χ1) is 9.53. The fourth-order valence-electron chi connectivity index (χ4n) is 2.07. The minimum Gasteiger partial charge on any atom is -0.481 e. The smallest absolute Gasteiger partial charge is 0.305 e. The van der Waals surface area contributed by atoms with E-state index in [1.54, 1.807) is 12.1 Å². The molecule has 1 aromatic carbocycles. The monoisotopic (exact) mass is 313 g/mol. The van der Waals surface area contributed by atoms with Gasteiger partial charge in [-0.25, -0.2) is 8.42 Å². The molecule has 0 atom stereocenters. The van der Waals surface area contributed by atoms with Crippen molar-refractivity contribution in [3.63, 3.8) is 0 Å². The summed E-state index contributed by atoms with van der Waals surface area (Å²) in [4.78, 5) is 10.8. The molecule has 0 radical (unpaired) electrons. The lowest BCUT2D eigenvalue weighted by Crippen LogP contribution is -2.38. The molecular weight excluding hydrogens is 290 g/mol. The number of anilines is 1. The Labute approximate surface area is 126 Å². The van der Waals surface area contributed by atoms with E-state index in [1.807, 2.05) is 39.8 Å². The Kier molecular flexibility index (Phi) is 5.39. The van der Waals surface area contributed by atoms with Crippen LogP contribution >= 0.6 is 0 Å². The van der Waals surface area contributed by atoms with Gasteiger partial charge >= 0.3 is 5.97 Å². The minimum absolute atomic E-state index is 0.0338. The molecule has 118 valence electrons. The Hall–Kier alpha value is -1.56. The van der Waals surface area contributed by atoms with Crippen molar-refractivity contribution in [3.05, 3.63) is 29.8 Å². The molecule has 0 heterocycles. The van der Waals surface area contributed by atoms with Gasteiger partial charge in [-0.05, 0) is 24.0 Å². The van der Waals surface area contributed by atoms with Crippen molar-refractivity contribution in [2.45, 2.75) is 34.1 Å². The van der Waals surface area contributed by atoms with E-state index in [9.17, 15) is 13.2 Å². The first-order valence-electron chi connectivity index (χ1n) is 6.81. The molecule has 1 aromatic rings. The maximum Gasteiger partial charge on any atom is 0.305 e. The number of carboxylic acids is 1. The van der Waals surface area contributed by atoms with Crippen LogP contribution in [0.25, 0.3) is 0 Å². The lowest BCUT2D eigenvalue weighted by molar-refractivity contribution is -0.136. The van der Waals surface area contributed by atoms with Gasteiger partial charge in [0.15, 0.2) is 0 Å². The first-order valence-corrected chi connectivity index (χ1v) is 8.42. The topological polar surface area (TPSA) is 74.7 Å². The zero-order valence-corrected chi connectivity index (χ0v) is 13.8. The predicted octanol–water partition coefficient (Wildman–Crippen LogP) is 2.65. The van der Waals surface area contributed by atoms with Gasteiger partial charge in [0.1, 0.15) is 0 Å². The molecule has 0 aliphatic rings. The van der Waals surface area contributed by atoms with Crippen LogP contribution in [-0.2, 0) is 14.8 Å². The van der Waals surface area contributed by atoms with Crippen molar-refractivity contribution >= 4 is 21.7 Å². The van der Waals surface area contributed by atoms with Crippen molar-refractivity contribution in [2.24, 2.45) is 5.41 Å². The molecule has 0 amide bonds. The first kappa shape index (κ1) is 17.5. The van der Waals surface area contributed by atoms with E-state index in [1.165, 1.54) is 4.31 Å². The van der Waals surface area contributed by atoms with Crippen molar-refractivity contribution in [3.8, 4) is 0 Å². The fourth-order valence-corrected chi connectivity index (χ4v) is 4.20. The lowest BCUT2D eigenvalue weighted by atomic mass is 10.0. The quantitative estimate of drug-likeness (QED) is 0.876. The highest BCUT2D eigenvalue weighted by Crippen LogP contribution is 2.26. The normalized spacial score (nSPS) is 12.2. The van der Waals surface area contributed by atoms with E-state index in [-0.39, 0.29) is 18.7 Å². The number of nitrogens with zero attached hydrogens (tertiary/aromatic N) is 1. The van der Waals surface area contributed by atoms with Crippen molar-refractivity contribution < 1.29 is 18.3 Å². The maximum atomic E-state index is 12.6. The van der Waals surface area contributed by atoms with Crippen LogP contribution in [0.2, 0.25) is 0 Å². The average molecular weight is 313 g/mol. The van der Waals surface area contributed by atoms with Crippen LogP contribution in [0.4, 0.5) is 5.69 Å². The van der Waals surface area contributed by atoms with Crippen LogP contribution in [0.15, 0.2) is 24.3 Å². The third-order valence-corrected chi connectivity index (χ3v) is 5.15. The number of para-hydroxylation sites is 1.